The summed E-state index contributed by atoms with van der Waals surface area (Å²) in [7, 11) is 1.54. The van der Waals surface area contributed by atoms with Crippen LogP contribution >= 0.6 is 11.8 Å². The first kappa shape index (κ1) is 13.5. The molecule has 0 saturated heterocycles. The van der Waals surface area contributed by atoms with Crippen molar-refractivity contribution in [3.05, 3.63) is 23.8 Å². The predicted molar refractivity (Wildman–Crippen MR) is 69.3 cm³/mol. The molecule has 3 nitrogen and oxygen atoms in total. The largest absolute Gasteiger partial charge is 0.507 e. The Labute approximate surface area is 105 Å². The number of benzene rings is 1. The third-order valence-electron chi connectivity index (χ3n) is 1.96. The number of carbonyl (C=O) groups is 1. The number of ether oxygens (including phenoxy) is 1. The molecular formula is C13H14O3S. The van der Waals surface area contributed by atoms with Crippen molar-refractivity contribution in [2.75, 3.05) is 12.9 Å². The van der Waals surface area contributed by atoms with Crippen LogP contribution in [-0.2, 0) is 4.79 Å². The van der Waals surface area contributed by atoms with E-state index in [1.165, 1.54) is 24.8 Å². The van der Waals surface area contributed by atoms with E-state index in [2.05, 4.69) is 11.8 Å². The van der Waals surface area contributed by atoms with Gasteiger partial charge in [-0.05, 0) is 12.1 Å². The summed E-state index contributed by atoms with van der Waals surface area (Å²) in [6.07, 6.45) is 0.621. The van der Waals surface area contributed by atoms with Crippen LogP contribution in [0.1, 0.15) is 18.9 Å². The highest BCUT2D eigenvalue weighted by molar-refractivity contribution is 8.13. The van der Waals surface area contributed by atoms with E-state index in [0.29, 0.717) is 23.5 Å². The molecule has 17 heavy (non-hydrogen) atoms. The molecule has 1 N–H and O–H groups in total. The van der Waals surface area contributed by atoms with E-state index in [1.807, 2.05) is 0 Å². The molecule has 0 heterocycles. The zero-order valence-corrected chi connectivity index (χ0v) is 10.6. The van der Waals surface area contributed by atoms with Crippen molar-refractivity contribution in [2.45, 2.75) is 13.3 Å². The van der Waals surface area contributed by atoms with Crippen LogP contribution in [0.15, 0.2) is 18.2 Å². The van der Waals surface area contributed by atoms with Gasteiger partial charge in [0.25, 0.3) is 0 Å². The quantitative estimate of drug-likeness (QED) is 0.661. The molecule has 0 aromatic heterocycles. The smallest absolute Gasteiger partial charge is 0.185 e. The normalized spacial score (nSPS) is 9.29. The number of carbonyl (C=O) groups excluding carboxylic acids is 1. The second-order valence-electron chi connectivity index (χ2n) is 3.27. The van der Waals surface area contributed by atoms with Crippen molar-refractivity contribution in [1.29, 1.82) is 0 Å². The average Bonchev–Trinajstić information content (AvgIpc) is 2.30. The van der Waals surface area contributed by atoms with Crippen molar-refractivity contribution in [2.24, 2.45) is 0 Å². The van der Waals surface area contributed by atoms with Gasteiger partial charge in [0.1, 0.15) is 11.5 Å². The summed E-state index contributed by atoms with van der Waals surface area (Å²) in [5.41, 5.74) is 0.568. The van der Waals surface area contributed by atoms with E-state index in [0.717, 1.165) is 0 Å². The highest BCUT2D eigenvalue weighted by atomic mass is 32.2. The lowest BCUT2D eigenvalue weighted by Gasteiger charge is -2.01. The lowest BCUT2D eigenvalue weighted by atomic mass is 10.2. The van der Waals surface area contributed by atoms with Crippen molar-refractivity contribution in [1.82, 2.24) is 0 Å². The molecule has 90 valence electrons. The summed E-state index contributed by atoms with van der Waals surface area (Å²) in [4.78, 5) is 10.7. The van der Waals surface area contributed by atoms with E-state index in [4.69, 9.17) is 4.74 Å². The van der Waals surface area contributed by atoms with Gasteiger partial charge in [0.2, 0.25) is 0 Å². The van der Waals surface area contributed by atoms with Crippen molar-refractivity contribution in [3.63, 3.8) is 0 Å². The first-order valence-electron chi connectivity index (χ1n) is 5.12. The van der Waals surface area contributed by atoms with Crippen LogP contribution < -0.4 is 4.74 Å². The number of thioether (sulfide) groups is 1. The van der Waals surface area contributed by atoms with Crippen molar-refractivity contribution in [3.8, 4) is 23.3 Å². The van der Waals surface area contributed by atoms with Crippen LogP contribution in [0.4, 0.5) is 0 Å². The predicted octanol–water partition coefficient (Wildman–Crippen LogP) is 2.42. The number of aromatic hydroxyl groups is 1. The minimum atomic E-state index is 0.0964. The van der Waals surface area contributed by atoms with E-state index >= 15 is 0 Å². The Morgan fingerprint density at radius 3 is 2.88 bits per heavy atom. The summed E-state index contributed by atoms with van der Waals surface area (Å²) < 4.78 is 4.97. The fourth-order valence-electron chi connectivity index (χ4n) is 1.15. The minimum Gasteiger partial charge on any atom is -0.507 e. The van der Waals surface area contributed by atoms with Crippen LogP contribution in [0, 0.1) is 11.8 Å². The second kappa shape index (κ2) is 6.87. The van der Waals surface area contributed by atoms with E-state index in [9.17, 15) is 9.90 Å². The zero-order valence-electron chi connectivity index (χ0n) is 9.82. The maximum absolute atomic E-state index is 10.7. The molecule has 0 aliphatic rings. The number of hydrogen-bond donors (Lipinski definition) is 1. The Morgan fingerprint density at radius 1 is 1.53 bits per heavy atom. The molecule has 0 saturated carbocycles. The third-order valence-corrected chi connectivity index (χ3v) is 2.78. The molecule has 4 heteroatoms. The molecule has 0 atom stereocenters. The summed E-state index contributed by atoms with van der Waals surface area (Å²) in [6, 6.07) is 4.97. The van der Waals surface area contributed by atoms with E-state index < -0.39 is 0 Å². The number of phenols is 1. The Balaban J connectivity index is 2.57. The molecule has 1 aromatic carbocycles. The lowest BCUT2D eigenvalue weighted by molar-refractivity contribution is -0.109. The topological polar surface area (TPSA) is 46.5 Å². The Morgan fingerprint density at radius 2 is 2.29 bits per heavy atom. The maximum atomic E-state index is 10.7. The van der Waals surface area contributed by atoms with Crippen molar-refractivity contribution >= 4 is 16.9 Å². The Bertz CT molecular complexity index is 457. The number of phenolic OH excluding ortho intramolecular Hbond substituents is 1. The SMILES string of the molecule is COc1ccc(C#CCCSC(C)=O)c(O)c1. The fraction of sp³-hybridized carbons (Fsp3) is 0.308. The van der Waals surface area contributed by atoms with Gasteiger partial charge in [0, 0.05) is 25.2 Å². The van der Waals surface area contributed by atoms with Gasteiger partial charge in [0.05, 0.1) is 12.7 Å². The lowest BCUT2D eigenvalue weighted by Crippen LogP contribution is -1.85. The van der Waals surface area contributed by atoms with E-state index in [-0.39, 0.29) is 10.9 Å². The molecular weight excluding hydrogens is 236 g/mol. The Hall–Kier alpha value is -1.60. The third kappa shape index (κ3) is 4.83. The fourth-order valence-corrected chi connectivity index (χ4v) is 1.64. The molecule has 1 aromatic rings. The highest BCUT2D eigenvalue weighted by Gasteiger charge is 1.99. The summed E-state index contributed by atoms with van der Waals surface area (Å²) in [5, 5.41) is 9.72. The molecule has 0 bridgehead atoms. The van der Waals surface area contributed by atoms with Gasteiger partial charge in [-0.1, -0.05) is 23.6 Å². The summed E-state index contributed by atoms with van der Waals surface area (Å²) >= 11 is 1.25. The van der Waals surface area contributed by atoms with Crippen LogP contribution in [0.2, 0.25) is 0 Å². The van der Waals surface area contributed by atoms with Gasteiger partial charge >= 0.3 is 0 Å². The van der Waals surface area contributed by atoms with Gasteiger partial charge < -0.3 is 9.84 Å². The van der Waals surface area contributed by atoms with Gasteiger partial charge in [-0.2, -0.15) is 0 Å². The van der Waals surface area contributed by atoms with Gasteiger partial charge in [-0.25, -0.2) is 0 Å². The van der Waals surface area contributed by atoms with Crippen molar-refractivity contribution < 1.29 is 14.6 Å². The molecule has 0 radical (unpaired) electrons. The number of rotatable bonds is 3. The first-order valence-corrected chi connectivity index (χ1v) is 6.11. The average molecular weight is 250 g/mol. The van der Waals surface area contributed by atoms with E-state index in [1.54, 1.807) is 19.2 Å². The van der Waals surface area contributed by atoms with Crippen LogP contribution in [0.5, 0.6) is 11.5 Å². The molecule has 0 amide bonds. The molecule has 0 fully saturated rings. The summed E-state index contributed by atoms with van der Waals surface area (Å²) in [6.45, 7) is 1.54. The molecule has 0 aliphatic carbocycles. The Kier molecular flexibility index (Phi) is 5.44. The van der Waals surface area contributed by atoms with Crippen LogP contribution in [0.3, 0.4) is 0 Å². The van der Waals surface area contributed by atoms with Crippen LogP contribution in [0.25, 0.3) is 0 Å². The minimum absolute atomic E-state index is 0.0964. The van der Waals surface area contributed by atoms with Gasteiger partial charge in [-0.3, -0.25) is 4.79 Å². The zero-order chi connectivity index (χ0) is 12.7. The first-order chi connectivity index (χ1) is 8.13. The maximum Gasteiger partial charge on any atom is 0.185 e. The standard InChI is InChI=1S/C13H14O3S/c1-10(14)17-8-4-3-5-11-6-7-12(16-2)9-13(11)15/h6-7,9,15H,4,8H2,1-2H3. The molecule has 1 rings (SSSR count). The number of hydrogen-bond acceptors (Lipinski definition) is 4. The monoisotopic (exact) mass is 250 g/mol. The van der Waals surface area contributed by atoms with Gasteiger partial charge in [-0.15, -0.1) is 0 Å². The summed E-state index contributed by atoms with van der Waals surface area (Å²) in [5.74, 6) is 7.15. The van der Waals surface area contributed by atoms with Gasteiger partial charge in [0.15, 0.2) is 5.12 Å². The second-order valence-corrected chi connectivity index (χ2v) is 4.55. The highest BCUT2D eigenvalue weighted by Crippen LogP contribution is 2.22. The molecule has 0 unspecified atom stereocenters. The number of methoxy groups -OCH3 is 1. The van der Waals surface area contributed by atoms with Crippen LogP contribution in [-0.4, -0.2) is 23.1 Å². The molecule has 0 spiro atoms. The molecule has 0 aliphatic heterocycles.